The third kappa shape index (κ3) is 5.64. The quantitative estimate of drug-likeness (QED) is 0.231. The number of amidine groups is 1. The van der Waals surface area contributed by atoms with Crippen LogP contribution < -0.4 is 5.32 Å². The third-order valence-electron chi connectivity index (χ3n) is 8.90. The standard InChI is InChI=1S/C39H38N4/c1-42-24-23-34(33(26-42)25-28-11-5-3-6-12-28)30-17-19-31(20-18-30)37-35-16-10-9-13-29(35)21-22-36(37)39-41-38(40-27-43(39)2)32-14-7-4-8-15-32/h3-23,33,39H,24-27H2,1-2H3,(H,40,41). The first-order valence-corrected chi connectivity index (χ1v) is 15.3. The van der Waals surface area contributed by atoms with Crippen LogP contribution in [0.4, 0.5) is 0 Å². The van der Waals surface area contributed by atoms with E-state index in [0.717, 1.165) is 30.9 Å². The van der Waals surface area contributed by atoms with Gasteiger partial charge in [-0.15, -0.1) is 0 Å². The molecule has 0 fully saturated rings. The molecular weight excluding hydrogens is 524 g/mol. The van der Waals surface area contributed by atoms with Gasteiger partial charge in [-0.05, 0) is 64.7 Å². The highest BCUT2D eigenvalue weighted by atomic mass is 15.3. The Morgan fingerprint density at radius 3 is 2.21 bits per heavy atom. The van der Waals surface area contributed by atoms with Crippen LogP contribution >= 0.6 is 0 Å². The minimum absolute atomic E-state index is 0.00108. The zero-order chi connectivity index (χ0) is 29.2. The zero-order valence-electron chi connectivity index (χ0n) is 24.9. The summed E-state index contributed by atoms with van der Waals surface area (Å²) in [6.07, 6.45) is 3.48. The summed E-state index contributed by atoms with van der Waals surface area (Å²) < 4.78 is 0. The Balaban J connectivity index is 1.26. The molecule has 4 nitrogen and oxygen atoms in total. The molecule has 2 heterocycles. The summed E-state index contributed by atoms with van der Waals surface area (Å²) in [6, 6.07) is 44.0. The maximum atomic E-state index is 4.85. The second-order valence-electron chi connectivity index (χ2n) is 11.9. The van der Waals surface area contributed by atoms with Crippen LogP contribution in [0.5, 0.6) is 0 Å². The van der Waals surface area contributed by atoms with Crippen LogP contribution in [0.2, 0.25) is 0 Å². The van der Waals surface area contributed by atoms with E-state index < -0.39 is 0 Å². The highest BCUT2D eigenvalue weighted by molar-refractivity contribution is 6.01. The number of aliphatic imine (C=N–C) groups is 1. The normalized spacial score (nSPS) is 19.5. The van der Waals surface area contributed by atoms with Crippen LogP contribution in [0, 0.1) is 5.92 Å². The first-order chi connectivity index (χ1) is 21.1. The number of benzene rings is 5. The maximum absolute atomic E-state index is 4.85. The Kier molecular flexibility index (Phi) is 7.63. The predicted molar refractivity (Wildman–Crippen MR) is 180 cm³/mol. The van der Waals surface area contributed by atoms with Crippen LogP contribution in [-0.2, 0) is 6.42 Å². The summed E-state index contributed by atoms with van der Waals surface area (Å²) in [4.78, 5) is 9.56. The second kappa shape index (κ2) is 12.0. The van der Waals surface area contributed by atoms with Crippen LogP contribution in [0.15, 0.2) is 132 Å². The summed E-state index contributed by atoms with van der Waals surface area (Å²) in [5.74, 6) is 1.41. The van der Waals surface area contributed by atoms with E-state index in [0.29, 0.717) is 12.6 Å². The lowest BCUT2D eigenvalue weighted by Crippen LogP contribution is -2.44. The van der Waals surface area contributed by atoms with Crippen molar-refractivity contribution in [1.82, 2.24) is 15.1 Å². The average Bonchev–Trinajstić information content (AvgIpc) is 3.06. The maximum Gasteiger partial charge on any atom is 0.131 e. The molecule has 0 spiro atoms. The molecule has 5 aromatic carbocycles. The van der Waals surface area contributed by atoms with Crippen molar-refractivity contribution in [2.24, 2.45) is 10.9 Å². The van der Waals surface area contributed by atoms with Crippen molar-refractivity contribution < 1.29 is 0 Å². The highest BCUT2D eigenvalue weighted by Crippen LogP contribution is 2.38. The van der Waals surface area contributed by atoms with Crippen LogP contribution in [0.3, 0.4) is 0 Å². The molecule has 0 aliphatic carbocycles. The zero-order valence-corrected chi connectivity index (χ0v) is 24.9. The summed E-state index contributed by atoms with van der Waals surface area (Å²) in [5, 5.41) is 6.29. The van der Waals surface area contributed by atoms with E-state index in [4.69, 9.17) is 4.99 Å². The fraction of sp³-hybridized carbons (Fsp3) is 0.205. The number of rotatable bonds is 6. The van der Waals surface area contributed by atoms with Gasteiger partial charge in [-0.2, -0.15) is 0 Å². The smallest absolute Gasteiger partial charge is 0.131 e. The largest absolute Gasteiger partial charge is 0.350 e. The van der Waals surface area contributed by atoms with Gasteiger partial charge in [-0.1, -0.05) is 127 Å². The van der Waals surface area contributed by atoms with Gasteiger partial charge in [-0.25, -0.2) is 0 Å². The molecule has 5 aromatic rings. The number of hydrogen-bond acceptors (Lipinski definition) is 4. The number of nitrogens with one attached hydrogen (secondary N) is 1. The fourth-order valence-corrected chi connectivity index (χ4v) is 6.70. The molecule has 0 bridgehead atoms. The lowest BCUT2D eigenvalue weighted by Gasteiger charge is -2.35. The van der Waals surface area contributed by atoms with Crippen molar-refractivity contribution >= 4 is 22.2 Å². The molecule has 43 heavy (non-hydrogen) atoms. The first-order valence-electron chi connectivity index (χ1n) is 15.3. The highest BCUT2D eigenvalue weighted by Gasteiger charge is 2.27. The van der Waals surface area contributed by atoms with E-state index in [1.165, 1.54) is 44.2 Å². The molecule has 4 heteroatoms. The Labute approximate surface area is 255 Å². The number of fused-ring (bicyclic) bond motifs is 1. The van der Waals surface area contributed by atoms with Crippen molar-refractivity contribution in [2.75, 3.05) is 33.9 Å². The van der Waals surface area contributed by atoms with E-state index in [9.17, 15) is 0 Å². The third-order valence-corrected chi connectivity index (χ3v) is 8.90. The predicted octanol–water partition coefficient (Wildman–Crippen LogP) is 7.63. The Bertz CT molecular complexity index is 1770. The first kappa shape index (κ1) is 27.3. The Hall–Kier alpha value is -4.51. The summed E-state index contributed by atoms with van der Waals surface area (Å²) >= 11 is 0. The molecule has 1 N–H and O–H groups in total. The van der Waals surface area contributed by atoms with Gasteiger partial charge in [0.05, 0.1) is 6.67 Å². The second-order valence-corrected chi connectivity index (χ2v) is 11.9. The van der Waals surface area contributed by atoms with Crippen molar-refractivity contribution in [2.45, 2.75) is 12.6 Å². The monoisotopic (exact) mass is 562 g/mol. The SMILES string of the molecule is CN1CC=C(c2ccc(-c3c(C4NC(c5ccccc5)=NCN4C)ccc4ccccc34)cc2)C(Cc2ccccc2)C1. The minimum atomic E-state index is -0.00108. The number of hydrogen-bond donors (Lipinski definition) is 1. The van der Waals surface area contributed by atoms with Gasteiger partial charge in [0.15, 0.2) is 0 Å². The van der Waals surface area contributed by atoms with Crippen molar-refractivity contribution in [3.8, 4) is 11.1 Å². The Morgan fingerprint density at radius 1 is 0.721 bits per heavy atom. The average molecular weight is 563 g/mol. The van der Waals surface area contributed by atoms with Crippen LogP contribution in [-0.4, -0.2) is 49.5 Å². The number of likely N-dealkylation sites (N-methyl/N-ethyl adjacent to an activating group) is 1. The molecule has 0 radical (unpaired) electrons. The molecule has 0 saturated heterocycles. The molecule has 214 valence electrons. The molecule has 0 amide bonds. The van der Waals surface area contributed by atoms with Gasteiger partial charge >= 0.3 is 0 Å². The molecule has 7 rings (SSSR count). The summed E-state index contributed by atoms with van der Waals surface area (Å²) in [7, 11) is 4.37. The van der Waals surface area contributed by atoms with Crippen molar-refractivity contribution in [3.63, 3.8) is 0 Å². The van der Waals surface area contributed by atoms with E-state index in [1.807, 2.05) is 6.07 Å². The molecule has 2 aliphatic rings. The topological polar surface area (TPSA) is 30.9 Å². The van der Waals surface area contributed by atoms with Gasteiger partial charge in [0, 0.05) is 24.6 Å². The van der Waals surface area contributed by atoms with Gasteiger partial charge in [0.2, 0.25) is 0 Å². The molecule has 2 atom stereocenters. The van der Waals surface area contributed by atoms with Crippen LogP contribution in [0.1, 0.15) is 28.4 Å². The summed E-state index contributed by atoms with van der Waals surface area (Å²) in [5.41, 5.74) is 9.08. The van der Waals surface area contributed by atoms with Gasteiger partial charge in [0.25, 0.3) is 0 Å². The molecule has 0 saturated carbocycles. The van der Waals surface area contributed by atoms with Gasteiger partial charge in [-0.3, -0.25) is 9.89 Å². The Morgan fingerprint density at radius 2 is 1.42 bits per heavy atom. The molecular formula is C39H38N4. The van der Waals surface area contributed by atoms with Gasteiger partial charge in [0.1, 0.15) is 12.0 Å². The lowest BCUT2D eigenvalue weighted by atomic mass is 9.84. The van der Waals surface area contributed by atoms with E-state index in [1.54, 1.807) is 0 Å². The van der Waals surface area contributed by atoms with E-state index in [2.05, 4.69) is 151 Å². The molecule has 2 aliphatic heterocycles. The van der Waals surface area contributed by atoms with Crippen LogP contribution in [0.25, 0.3) is 27.5 Å². The van der Waals surface area contributed by atoms with E-state index >= 15 is 0 Å². The fourth-order valence-electron chi connectivity index (χ4n) is 6.70. The molecule has 0 aromatic heterocycles. The lowest BCUT2D eigenvalue weighted by molar-refractivity contribution is 0.224. The van der Waals surface area contributed by atoms with Crippen molar-refractivity contribution in [3.05, 3.63) is 150 Å². The minimum Gasteiger partial charge on any atom is -0.350 e. The van der Waals surface area contributed by atoms with Crippen molar-refractivity contribution in [1.29, 1.82) is 0 Å². The number of nitrogens with zero attached hydrogens (tertiary/aromatic N) is 3. The van der Waals surface area contributed by atoms with Gasteiger partial charge < -0.3 is 10.2 Å². The van der Waals surface area contributed by atoms with E-state index in [-0.39, 0.29) is 6.17 Å². The molecule has 2 unspecified atom stereocenters. The summed E-state index contributed by atoms with van der Waals surface area (Å²) in [6.45, 7) is 2.69.